The van der Waals surface area contributed by atoms with Gasteiger partial charge in [-0.05, 0) is 44.9 Å². The highest BCUT2D eigenvalue weighted by atomic mass is 16.5. The number of rotatable bonds is 6. The fourth-order valence-electron chi connectivity index (χ4n) is 2.91. The van der Waals surface area contributed by atoms with E-state index in [2.05, 4.69) is 10.3 Å². The SMILES string of the molecule is Cc1ccc(-n2cc(C(=O)N3CCC(OCCCN)CC3)nn2)cc1. The van der Waals surface area contributed by atoms with Crippen LogP contribution in [-0.2, 0) is 4.74 Å². The number of piperidine rings is 1. The van der Waals surface area contributed by atoms with E-state index in [-0.39, 0.29) is 12.0 Å². The average molecular weight is 343 g/mol. The molecule has 3 rings (SSSR count). The molecule has 0 bridgehead atoms. The number of hydrogen-bond donors (Lipinski definition) is 1. The first kappa shape index (κ1) is 17.6. The lowest BCUT2D eigenvalue weighted by atomic mass is 10.1. The van der Waals surface area contributed by atoms with Crippen LogP contribution in [0.3, 0.4) is 0 Å². The van der Waals surface area contributed by atoms with Crippen LogP contribution in [0.15, 0.2) is 30.5 Å². The Labute approximate surface area is 147 Å². The van der Waals surface area contributed by atoms with Crippen LogP contribution in [-0.4, -0.2) is 58.1 Å². The van der Waals surface area contributed by atoms with Crippen LogP contribution in [0.2, 0.25) is 0 Å². The second kappa shape index (κ2) is 8.22. The molecular formula is C18H25N5O2. The molecule has 1 amide bonds. The number of carbonyl (C=O) groups is 1. The number of aromatic nitrogens is 3. The van der Waals surface area contributed by atoms with Crippen molar-refractivity contribution in [2.75, 3.05) is 26.2 Å². The standard InChI is InChI=1S/C18H25N5O2/c1-14-3-5-15(6-4-14)23-13-17(20-21-23)18(24)22-10-7-16(8-11-22)25-12-2-9-19/h3-6,13,16H,2,7-12,19H2,1H3. The van der Waals surface area contributed by atoms with Crippen molar-refractivity contribution in [3.8, 4) is 5.69 Å². The topological polar surface area (TPSA) is 86.3 Å². The lowest BCUT2D eigenvalue weighted by Gasteiger charge is -2.31. The third kappa shape index (κ3) is 4.43. The Bertz CT molecular complexity index is 690. The van der Waals surface area contributed by atoms with Crippen LogP contribution in [0, 0.1) is 6.92 Å². The molecule has 1 fully saturated rings. The zero-order chi connectivity index (χ0) is 17.6. The molecular weight excluding hydrogens is 318 g/mol. The summed E-state index contributed by atoms with van der Waals surface area (Å²) in [6.45, 7) is 4.74. The highest BCUT2D eigenvalue weighted by Gasteiger charge is 2.25. The molecule has 0 radical (unpaired) electrons. The Hall–Kier alpha value is -2.25. The molecule has 2 heterocycles. The molecule has 134 valence electrons. The summed E-state index contributed by atoms with van der Waals surface area (Å²) in [4.78, 5) is 14.4. The zero-order valence-electron chi connectivity index (χ0n) is 14.6. The van der Waals surface area contributed by atoms with Gasteiger partial charge < -0.3 is 15.4 Å². The maximum Gasteiger partial charge on any atom is 0.276 e. The van der Waals surface area contributed by atoms with Crippen LogP contribution >= 0.6 is 0 Å². The minimum absolute atomic E-state index is 0.0706. The minimum Gasteiger partial charge on any atom is -0.378 e. The Morgan fingerprint density at radius 3 is 2.68 bits per heavy atom. The van der Waals surface area contributed by atoms with Crippen LogP contribution in [0.1, 0.15) is 35.3 Å². The van der Waals surface area contributed by atoms with E-state index in [1.807, 2.05) is 36.1 Å². The number of likely N-dealkylation sites (tertiary alicyclic amines) is 1. The number of nitrogens with zero attached hydrogens (tertiary/aromatic N) is 4. The summed E-state index contributed by atoms with van der Waals surface area (Å²) in [6.07, 6.45) is 4.49. The maximum absolute atomic E-state index is 12.6. The van der Waals surface area contributed by atoms with Gasteiger partial charge in [-0.25, -0.2) is 4.68 Å². The second-order valence-corrected chi connectivity index (χ2v) is 6.39. The molecule has 25 heavy (non-hydrogen) atoms. The highest BCUT2D eigenvalue weighted by molar-refractivity contribution is 5.92. The summed E-state index contributed by atoms with van der Waals surface area (Å²) in [6, 6.07) is 7.94. The van der Waals surface area contributed by atoms with E-state index in [1.165, 1.54) is 5.56 Å². The number of aryl methyl sites for hydroxylation is 1. The predicted molar refractivity (Wildman–Crippen MR) is 94.6 cm³/mol. The van der Waals surface area contributed by atoms with E-state index in [9.17, 15) is 4.79 Å². The Balaban J connectivity index is 1.56. The number of carbonyl (C=O) groups excluding carboxylic acids is 1. The summed E-state index contributed by atoms with van der Waals surface area (Å²) >= 11 is 0. The third-order valence-electron chi connectivity index (χ3n) is 4.44. The first-order valence-corrected chi connectivity index (χ1v) is 8.77. The van der Waals surface area contributed by atoms with Crippen molar-refractivity contribution in [2.45, 2.75) is 32.3 Å². The predicted octanol–water partition coefficient (Wildman–Crippen LogP) is 1.55. The molecule has 1 aromatic heterocycles. The van der Waals surface area contributed by atoms with Gasteiger partial charge in [0, 0.05) is 19.7 Å². The smallest absolute Gasteiger partial charge is 0.276 e. The van der Waals surface area contributed by atoms with Gasteiger partial charge in [-0.3, -0.25) is 4.79 Å². The summed E-state index contributed by atoms with van der Waals surface area (Å²) in [5, 5.41) is 8.13. The van der Waals surface area contributed by atoms with Gasteiger partial charge in [0.1, 0.15) is 0 Å². The Morgan fingerprint density at radius 1 is 1.28 bits per heavy atom. The Kier molecular flexibility index (Phi) is 5.78. The Morgan fingerprint density at radius 2 is 2.00 bits per heavy atom. The van der Waals surface area contributed by atoms with Gasteiger partial charge in [-0.2, -0.15) is 0 Å². The largest absolute Gasteiger partial charge is 0.378 e. The highest BCUT2D eigenvalue weighted by Crippen LogP contribution is 2.16. The van der Waals surface area contributed by atoms with Crippen LogP contribution in [0.4, 0.5) is 0 Å². The zero-order valence-corrected chi connectivity index (χ0v) is 14.6. The molecule has 0 spiro atoms. The summed E-state index contributed by atoms with van der Waals surface area (Å²) < 4.78 is 7.41. The molecule has 1 aromatic carbocycles. The van der Waals surface area contributed by atoms with Gasteiger partial charge in [0.05, 0.1) is 18.0 Å². The van der Waals surface area contributed by atoms with Crippen molar-refractivity contribution in [1.82, 2.24) is 19.9 Å². The minimum atomic E-state index is -0.0706. The number of amides is 1. The van der Waals surface area contributed by atoms with Gasteiger partial charge in [0.15, 0.2) is 5.69 Å². The second-order valence-electron chi connectivity index (χ2n) is 6.39. The average Bonchev–Trinajstić information content (AvgIpc) is 3.13. The van der Waals surface area contributed by atoms with Gasteiger partial charge >= 0.3 is 0 Å². The molecule has 1 aliphatic heterocycles. The molecule has 0 saturated carbocycles. The molecule has 1 saturated heterocycles. The number of hydrogen-bond acceptors (Lipinski definition) is 5. The molecule has 0 unspecified atom stereocenters. The molecule has 0 aliphatic carbocycles. The van der Waals surface area contributed by atoms with Crippen LogP contribution < -0.4 is 5.73 Å². The molecule has 1 aliphatic rings. The van der Waals surface area contributed by atoms with Crippen molar-refractivity contribution in [2.24, 2.45) is 5.73 Å². The quantitative estimate of drug-likeness (QED) is 0.804. The molecule has 7 nitrogen and oxygen atoms in total. The van der Waals surface area contributed by atoms with Gasteiger partial charge in [-0.15, -0.1) is 5.10 Å². The van der Waals surface area contributed by atoms with Crippen molar-refractivity contribution in [3.63, 3.8) is 0 Å². The van der Waals surface area contributed by atoms with Gasteiger partial charge in [0.25, 0.3) is 5.91 Å². The summed E-state index contributed by atoms with van der Waals surface area (Å²) in [7, 11) is 0. The summed E-state index contributed by atoms with van der Waals surface area (Å²) in [5.74, 6) is -0.0706. The van der Waals surface area contributed by atoms with Crippen molar-refractivity contribution < 1.29 is 9.53 Å². The monoisotopic (exact) mass is 343 g/mol. The van der Waals surface area contributed by atoms with Crippen molar-refractivity contribution >= 4 is 5.91 Å². The third-order valence-corrected chi connectivity index (χ3v) is 4.44. The molecule has 0 atom stereocenters. The van der Waals surface area contributed by atoms with Crippen LogP contribution in [0.25, 0.3) is 5.69 Å². The van der Waals surface area contributed by atoms with E-state index in [1.54, 1.807) is 10.9 Å². The van der Waals surface area contributed by atoms with Crippen molar-refractivity contribution in [3.05, 3.63) is 41.7 Å². The maximum atomic E-state index is 12.6. The number of ether oxygens (including phenoxy) is 1. The fourth-order valence-corrected chi connectivity index (χ4v) is 2.91. The molecule has 7 heteroatoms. The van der Waals surface area contributed by atoms with Gasteiger partial charge in [-0.1, -0.05) is 22.9 Å². The van der Waals surface area contributed by atoms with E-state index in [0.717, 1.165) is 24.9 Å². The first-order chi connectivity index (χ1) is 12.2. The van der Waals surface area contributed by atoms with E-state index >= 15 is 0 Å². The lowest BCUT2D eigenvalue weighted by molar-refractivity contribution is 0.00829. The van der Waals surface area contributed by atoms with Crippen molar-refractivity contribution in [1.29, 1.82) is 0 Å². The first-order valence-electron chi connectivity index (χ1n) is 8.77. The molecule has 2 N–H and O–H groups in total. The van der Waals surface area contributed by atoms with E-state index in [4.69, 9.17) is 10.5 Å². The van der Waals surface area contributed by atoms with E-state index in [0.29, 0.717) is 31.9 Å². The van der Waals surface area contributed by atoms with Crippen LogP contribution in [0.5, 0.6) is 0 Å². The number of benzene rings is 1. The normalized spacial score (nSPS) is 15.5. The van der Waals surface area contributed by atoms with Gasteiger partial charge in [0.2, 0.25) is 0 Å². The lowest BCUT2D eigenvalue weighted by Crippen LogP contribution is -2.41. The van der Waals surface area contributed by atoms with E-state index < -0.39 is 0 Å². The molecule has 2 aromatic rings. The summed E-state index contributed by atoms with van der Waals surface area (Å²) in [5.41, 5.74) is 7.92. The number of nitrogens with two attached hydrogens (primary N) is 1. The fraction of sp³-hybridized carbons (Fsp3) is 0.500.